The summed E-state index contributed by atoms with van der Waals surface area (Å²) < 4.78 is 4.59. The van der Waals surface area contributed by atoms with Crippen molar-refractivity contribution in [3.05, 3.63) is 0 Å². The Morgan fingerprint density at radius 1 is 1.40 bits per heavy atom. The molecule has 0 aliphatic carbocycles. The van der Waals surface area contributed by atoms with Crippen LogP contribution in [-0.4, -0.2) is 65.7 Å². The second-order valence-electron chi connectivity index (χ2n) is 4.87. The van der Waals surface area contributed by atoms with Gasteiger partial charge in [-0.15, -0.1) is 0 Å². The Labute approximate surface area is 118 Å². The first-order chi connectivity index (χ1) is 9.49. The van der Waals surface area contributed by atoms with Crippen molar-refractivity contribution in [3.63, 3.8) is 0 Å². The van der Waals surface area contributed by atoms with Gasteiger partial charge in [-0.1, -0.05) is 6.92 Å². The number of rotatable bonds is 6. The van der Waals surface area contributed by atoms with Crippen LogP contribution in [0.5, 0.6) is 0 Å². The van der Waals surface area contributed by atoms with E-state index >= 15 is 0 Å². The van der Waals surface area contributed by atoms with Crippen LogP contribution in [0.4, 0.5) is 4.79 Å². The topological polar surface area (TPSA) is 87.2 Å². The Morgan fingerprint density at radius 2 is 2.10 bits per heavy atom. The molecule has 20 heavy (non-hydrogen) atoms. The third-order valence-corrected chi connectivity index (χ3v) is 3.34. The molecular formula is C13H22N2O5. The summed E-state index contributed by atoms with van der Waals surface area (Å²) in [7, 11) is 1.28. The summed E-state index contributed by atoms with van der Waals surface area (Å²) in [6, 6.07) is -0.557. The predicted molar refractivity (Wildman–Crippen MR) is 71.3 cm³/mol. The van der Waals surface area contributed by atoms with Gasteiger partial charge in [-0.05, 0) is 19.3 Å². The van der Waals surface area contributed by atoms with Crippen LogP contribution in [0, 0.1) is 0 Å². The third-order valence-electron chi connectivity index (χ3n) is 3.34. The molecule has 0 bridgehead atoms. The molecule has 2 amide bonds. The molecule has 0 aromatic rings. The van der Waals surface area contributed by atoms with Gasteiger partial charge in [-0.25, -0.2) is 4.79 Å². The molecule has 1 N–H and O–H groups in total. The predicted octanol–water partition coefficient (Wildman–Crippen LogP) is 0.930. The Hall–Kier alpha value is -1.79. The zero-order chi connectivity index (χ0) is 15.1. The molecule has 0 saturated carbocycles. The zero-order valence-corrected chi connectivity index (χ0v) is 12.0. The minimum absolute atomic E-state index is 0.0517. The summed E-state index contributed by atoms with van der Waals surface area (Å²) in [5, 5.41) is 8.87. The van der Waals surface area contributed by atoms with Crippen LogP contribution >= 0.6 is 0 Å². The molecular weight excluding hydrogens is 264 g/mol. The van der Waals surface area contributed by atoms with Gasteiger partial charge in [0.15, 0.2) is 0 Å². The average Bonchev–Trinajstić information content (AvgIpc) is 2.84. The van der Waals surface area contributed by atoms with E-state index in [1.807, 2.05) is 6.92 Å². The Balaban J connectivity index is 2.71. The van der Waals surface area contributed by atoms with Crippen LogP contribution in [0.25, 0.3) is 0 Å². The summed E-state index contributed by atoms with van der Waals surface area (Å²) in [5.41, 5.74) is 0. The first-order valence-corrected chi connectivity index (χ1v) is 6.83. The molecule has 0 aromatic carbocycles. The molecule has 1 heterocycles. The van der Waals surface area contributed by atoms with Crippen LogP contribution in [-0.2, 0) is 14.3 Å². The van der Waals surface area contributed by atoms with E-state index in [2.05, 4.69) is 4.74 Å². The molecule has 7 heteroatoms. The summed E-state index contributed by atoms with van der Waals surface area (Å²) >= 11 is 0. The van der Waals surface area contributed by atoms with E-state index in [4.69, 9.17) is 5.11 Å². The molecule has 1 fully saturated rings. The van der Waals surface area contributed by atoms with Crippen molar-refractivity contribution >= 4 is 18.0 Å². The molecule has 7 nitrogen and oxygen atoms in total. The summed E-state index contributed by atoms with van der Waals surface area (Å²) in [6.07, 6.45) is 2.15. The highest BCUT2D eigenvalue weighted by Gasteiger charge is 2.33. The van der Waals surface area contributed by atoms with Gasteiger partial charge in [0.2, 0.25) is 0 Å². The first kappa shape index (κ1) is 16.3. The lowest BCUT2D eigenvalue weighted by atomic mass is 10.1. The van der Waals surface area contributed by atoms with Crippen molar-refractivity contribution in [1.82, 2.24) is 9.80 Å². The lowest BCUT2D eigenvalue weighted by Crippen LogP contribution is -2.48. The largest absolute Gasteiger partial charge is 0.481 e. The highest BCUT2D eigenvalue weighted by Crippen LogP contribution is 2.21. The Bertz CT molecular complexity index is 372. The molecule has 0 radical (unpaired) electrons. The number of amides is 2. The lowest BCUT2D eigenvalue weighted by molar-refractivity contribution is -0.142. The van der Waals surface area contributed by atoms with Crippen molar-refractivity contribution in [1.29, 1.82) is 0 Å². The van der Waals surface area contributed by atoms with E-state index in [-0.39, 0.29) is 25.0 Å². The van der Waals surface area contributed by atoms with E-state index in [0.717, 1.165) is 12.8 Å². The lowest BCUT2D eigenvalue weighted by Gasteiger charge is -2.30. The number of carbonyl (C=O) groups is 3. The normalized spacial score (nSPS) is 17.9. The van der Waals surface area contributed by atoms with E-state index in [1.165, 1.54) is 12.0 Å². The fraction of sp³-hybridized carbons (Fsp3) is 0.769. The molecule has 114 valence electrons. The van der Waals surface area contributed by atoms with Crippen molar-refractivity contribution in [3.8, 4) is 0 Å². The smallest absolute Gasteiger partial charge is 0.325 e. The number of ether oxygens (including phenoxy) is 1. The van der Waals surface area contributed by atoms with Gasteiger partial charge in [0.05, 0.1) is 13.5 Å². The SMILES string of the molecule is CCCN(CC(=O)OC)C(=O)N1CCCC1CC(=O)O. The summed E-state index contributed by atoms with van der Waals surface area (Å²) in [6.45, 7) is 2.80. The maximum Gasteiger partial charge on any atom is 0.325 e. The van der Waals surface area contributed by atoms with Gasteiger partial charge < -0.3 is 19.6 Å². The number of aliphatic carboxylic acids is 1. The van der Waals surface area contributed by atoms with Gasteiger partial charge in [0.1, 0.15) is 6.54 Å². The van der Waals surface area contributed by atoms with E-state index in [1.54, 1.807) is 4.90 Å². The number of hydrogen-bond donors (Lipinski definition) is 1. The number of hydrogen-bond acceptors (Lipinski definition) is 4. The number of nitrogens with zero attached hydrogens (tertiary/aromatic N) is 2. The van der Waals surface area contributed by atoms with E-state index < -0.39 is 11.9 Å². The molecule has 1 aliphatic heterocycles. The average molecular weight is 286 g/mol. The van der Waals surface area contributed by atoms with E-state index in [0.29, 0.717) is 19.5 Å². The van der Waals surface area contributed by atoms with Gasteiger partial charge in [0, 0.05) is 19.1 Å². The Kier molecular flexibility index (Phi) is 6.27. The number of carboxylic acids is 1. The van der Waals surface area contributed by atoms with Crippen molar-refractivity contribution in [2.24, 2.45) is 0 Å². The quantitative estimate of drug-likeness (QED) is 0.734. The van der Waals surface area contributed by atoms with Crippen molar-refractivity contribution < 1.29 is 24.2 Å². The van der Waals surface area contributed by atoms with Crippen LogP contribution < -0.4 is 0 Å². The number of urea groups is 1. The van der Waals surface area contributed by atoms with Crippen molar-refractivity contribution in [2.75, 3.05) is 26.7 Å². The van der Waals surface area contributed by atoms with E-state index in [9.17, 15) is 14.4 Å². The molecule has 0 spiro atoms. The maximum absolute atomic E-state index is 12.4. The standard InChI is InChI=1S/C13H22N2O5/c1-3-6-14(9-12(18)20-2)13(19)15-7-4-5-10(15)8-11(16)17/h10H,3-9H2,1-2H3,(H,16,17). The van der Waals surface area contributed by atoms with Crippen LogP contribution in [0.2, 0.25) is 0 Å². The van der Waals surface area contributed by atoms with Crippen LogP contribution in [0.1, 0.15) is 32.6 Å². The molecule has 1 rings (SSSR count). The number of methoxy groups -OCH3 is 1. The minimum atomic E-state index is -0.912. The fourth-order valence-corrected chi connectivity index (χ4v) is 2.42. The summed E-state index contributed by atoms with van der Waals surface area (Å²) in [5.74, 6) is -1.38. The van der Waals surface area contributed by atoms with Crippen molar-refractivity contribution in [2.45, 2.75) is 38.6 Å². The highest BCUT2D eigenvalue weighted by molar-refractivity contribution is 5.81. The number of carbonyl (C=O) groups excluding carboxylic acids is 2. The molecule has 0 aromatic heterocycles. The molecule has 1 unspecified atom stereocenters. The third kappa shape index (κ3) is 4.40. The first-order valence-electron chi connectivity index (χ1n) is 6.83. The van der Waals surface area contributed by atoms with Gasteiger partial charge in [-0.2, -0.15) is 0 Å². The maximum atomic E-state index is 12.4. The number of carboxylic acid groups (broad SMARTS) is 1. The molecule has 1 atom stereocenters. The minimum Gasteiger partial charge on any atom is -0.481 e. The van der Waals surface area contributed by atoms with Gasteiger partial charge in [-0.3, -0.25) is 9.59 Å². The van der Waals surface area contributed by atoms with Gasteiger partial charge in [0.25, 0.3) is 0 Å². The zero-order valence-electron chi connectivity index (χ0n) is 12.0. The second-order valence-corrected chi connectivity index (χ2v) is 4.87. The second kappa shape index (κ2) is 7.72. The summed E-state index contributed by atoms with van der Waals surface area (Å²) in [4.78, 5) is 37.6. The fourth-order valence-electron chi connectivity index (χ4n) is 2.42. The van der Waals surface area contributed by atoms with Gasteiger partial charge >= 0.3 is 18.0 Å². The number of esters is 1. The number of likely N-dealkylation sites (tertiary alicyclic amines) is 1. The Morgan fingerprint density at radius 3 is 2.65 bits per heavy atom. The molecule has 1 saturated heterocycles. The molecule has 1 aliphatic rings. The van der Waals surface area contributed by atoms with Crippen LogP contribution in [0.3, 0.4) is 0 Å². The highest BCUT2D eigenvalue weighted by atomic mass is 16.5. The van der Waals surface area contributed by atoms with Crippen LogP contribution in [0.15, 0.2) is 0 Å². The monoisotopic (exact) mass is 286 g/mol.